The Kier molecular flexibility index (Phi) is 2.48. The third kappa shape index (κ3) is 2.02. The number of rotatable bonds is 3. The van der Waals surface area contributed by atoms with Gasteiger partial charge in [0.2, 0.25) is 5.91 Å². The second-order valence-electron chi connectivity index (χ2n) is 4.03. The van der Waals surface area contributed by atoms with Gasteiger partial charge in [0.15, 0.2) is 0 Å². The van der Waals surface area contributed by atoms with Crippen LogP contribution in [-0.2, 0) is 11.3 Å². The molecule has 82 valence electrons. The number of hydrogen-bond acceptors (Lipinski definition) is 3. The van der Waals surface area contributed by atoms with E-state index in [2.05, 4.69) is 5.10 Å². The zero-order valence-electron chi connectivity index (χ0n) is 8.76. The highest BCUT2D eigenvalue weighted by molar-refractivity contribution is 5.77. The van der Waals surface area contributed by atoms with E-state index in [9.17, 15) is 9.90 Å². The predicted molar refractivity (Wildman–Crippen MR) is 54.0 cm³/mol. The van der Waals surface area contributed by atoms with Gasteiger partial charge in [0.05, 0.1) is 18.7 Å². The van der Waals surface area contributed by atoms with Gasteiger partial charge in [-0.1, -0.05) is 6.92 Å². The van der Waals surface area contributed by atoms with Crippen molar-refractivity contribution in [3.63, 3.8) is 0 Å². The molecule has 0 bridgehead atoms. The smallest absolute Gasteiger partial charge is 0.244 e. The van der Waals surface area contributed by atoms with Crippen LogP contribution < -0.4 is 0 Å². The van der Waals surface area contributed by atoms with Crippen molar-refractivity contribution in [2.24, 2.45) is 0 Å². The Bertz CT molecular complexity index is 342. The Morgan fingerprint density at radius 3 is 2.87 bits per heavy atom. The van der Waals surface area contributed by atoms with Crippen molar-refractivity contribution >= 4 is 5.91 Å². The second-order valence-corrected chi connectivity index (χ2v) is 4.03. The van der Waals surface area contributed by atoms with E-state index in [1.54, 1.807) is 28.0 Å². The number of carbonyl (C=O) groups is 1. The monoisotopic (exact) mass is 209 g/mol. The standard InChI is InChI=1S/C10H15N3O2/c1-2-10(15)7-12(8-10)9(14)6-13-5-3-4-11-13/h3-5,15H,2,6-8H2,1H3. The molecule has 5 nitrogen and oxygen atoms in total. The van der Waals surface area contributed by atoms with Crippen LogP contribution in [0.2, 0.25) is 0 Å². The number of nitrogens with zero attached hydrogens (tertiary/aromatic N) is 3. The summed E-state index contributed by atoms with van der Waals surface area (Å²) in [4.78, 5) is 13.3. The molecule has 1 aromatic rings. The third-order valence-corrected chi connectivity index (χ3v) is 2.84. The van der Waals surface area contributed by atoms with Crippen LogP contribution in [-0.4, -0.2) is 44.4 Å². The van der Waals surface area contributed by atoms with E-state index >= 15 is 0 Å². The van der Waals surface area contributed by atoms with Gasteiger partial charge >= 0.3 is 0 Å². The van der Waals surface area contributed by atoms with Gasteiger partial charge in [-0.2, -0.15) is 5.10 Å². The van der Waals surface area contributed by atoms with Crippen LogP contribution in [0.5, 0.6) is 0 Å². The Morgan fingerprint density at radius 2 is 2.33 bits per heavy atom. The van der Waals surface area contributed by atoms with E-state index < -0.39 is 5.60 Å². The number of likely N-dealkylation sites (tertiary alicyclic amines) is 1. The lowest BCUT2D eigenvalue weighted by molar-refractivity contribution is -0.156. The fourth-order valence-corrected chi connectivity index (χ4v) is 1.70. The van der Waals surface area contributed by atoms with Crippen LogP contribution in [0.25, 0.3) is 0 Å². The summed E-state index contributed by atoms with van der Waals surface area (Å²) in [5, 5.41) is 13.7. The average Bonchev–Trinajstić information content (AvgIpc) is 2.65. The number of carbonyl (C=O) groups excluding carboxylic acids is 1. The lowest BCUT2D eigenvalue weighted by atomic mass is 9.91. The van der Waals surface area contributed by atoms with E-state index in [4.69, 9.17) is 0 Å². The summed E-state index contributed by atoms with van der Waals surface area (Å²) < 4.78 is 1.59. The molecule has 2 heterocycles. The fourth-order valence-electron chi connectivity index (χ4n) is 1.70. The van der Waals surface area contributed by atoms with E-state index in [1.165, 1.54) is 0 Å². The van der Waals surface area contributed by atoms with Gasteiger partial charge in [-0.3, -0.25) is 9.48 Å². The van der Waals surface area contributed by atoms with Gasteiger partial charge in [-0.05, 0) is 12.5 Å². The van der Waals surface area contributed by atoms with Gasteiger partial charge in [0.1, 0.15) is 6.54 Å². The quantitative estimate of drug-likeness (QED) is 0.754. The third-order valence-electron chi connectivity index (χ3n) is 2.84. The molecule has 0 radical (unpaired) electrons. The molecule has 0 atom stereocenters. The summed E-state index contributed by atoms with van der Waals surface area (Å²) in [6.07, 6.45) is 4.09. The fraction of sp³-hybridized carbons (Fsp3) is 0.600. The number of aliphatic hydroxyl groups is 1. The van der Waals surface area contributed by atoms with Gasteiger partial charge in [-0.15, -0.1) is 0 Å². The Labute approximate surface area is 88.3 Å². The summed E-state index contributed by atoms with van der Waals surface area (Å²) in [5.74, 6) is 0.0109. The van der Waals surface area contributed by atoms with Crippen molar-refractivity contribution in [1.82, 2.24) is 14.7 Å². The average molecular weight is 209 g/mol. The first kappa shape index (κ1) is 10.2. The normalized spacial score (nSPS) is 18.7. The maximum absolute atomic E-state index is 11.7. The van der Waals surface area contributed by atoms with E-state index in [0.717, 1.165) is 0 Å². The molecule has 1 aromatic heterocycles. The Morgan fingerprint density at radius 1 is 1.60 bits per heavy atom. The number of aromatic nitrogens is 2. The van der Waals surface area contributed by atoms with Crippen molar-refractivity contribution in [1.29, 1.82) is 0 Å². The first-order valence-corrected chi connectivity index (χ1v) is 5.10. The van der Waals surface area contributed by atoms with Crippen molar-refractivity contribution in [2.75, 3.05) is 13.1 Å². The maximum atomic E-state index is 11.7. The molecule has 1 amide bonds. The van der Waals surface area contributed by atoms with Crippen molar-refractivity contribution in [2.45, 2.75) is 25.5 Å². The van der Waals surface area contributed by atoms with Crippen LogP contribution >= 0.6 is 0 Å². The summed E-state index contributed by atoms with van der Waals surface area (Å²) in [7, 11) is 0. The molecule has 0 saturated carbocycles. The number of β-amino-alcohol motifs (C(OH)–C–C–N with tert-alkyl or cyclic N) is 1. The molecule has 1 N–H and O–H groups in total. The SMILES string of the molecule is CCC1(O)CN(C(=O)Cn2cccn2)C1. The molecule has 1 aliphatic rings. The molecule has 1 aliphatic heterocycles. The largest absolute Gasteiger partial charge is 0.386 e. The van der Waals surface area contributed by atoms with Crippen LogP contribution in [0, 0.1) is 0 Å². The molecule has 1 fully saturated rings. The van der Waals surface area contributed by atoms with Crippen LogP contribution in [0.3, 0.4) is 0 Å². The molecule has 0 aliphatic carbocycles. The summed E-state index contributed by atoms with van der Waals surface area (Å²) in [6.45, 7) is 3.08. The zero-order valence-corrected chi connectivity index (χ0v) is 8.76. The highest BCUT2D eigenvalue weighted by Crippen LogP contribution is 2.23. The zero-order chi connectivity index (χ0) is 10.9. The second kappa shape index (κ2) is 3.66. The highest BCUT2D eigenvalue weighted by atomic mass is 16.3. The highest BCUT2D eigenvalue weighted by Gasteiger charge is 2.41. The molecule has 1 saturated heterocycles. The Hall–Kier alpha value is -1.36. The minimum absolute atomic E-state index is 0.0109. The van der Waals surface area contributed by atoms with Gasteiger partial charge < -0.3 is 10.0 Å². The van der Waals surface area contributed by atoms with Gasteiger partial charge in [0.25, 0.3) is 0 Å². The van der Waals surface area contributed by atoms with E-state index in [-0.39, 0.29) is 12.5 Å². The molecular weight excluding hydrogens is 194 g/mol. The number of hydrogen-bond donors (Lipinski definition) is 1. The van der Waals surface area contributed by atoms with Crippen molar-refractivity contribution in [3.05, 3.63) is 18.5 Å². The maximum Gasteiger partial charge on any atom is 0.244 e. The van der Waals surface area contributed by atoms with Crippen LogP contribution in [0.15, 0.2) is 18.5 Å². The summed E-state index contributed by atoms with van der Waals surface area (Å²) >= 11 is 0. The molecular formula is C10H15N3O2. The van der Waals surface area contributed by atoms with E-state index in [1.807, 2.05) is 6.92 Å². The molecule has 0 unspecified atom stereocenters. The van der Waals surface area contributed by atoms with Gasteiger partial charge in [-0.25, -0.2) is 0 Å². The molecule has 2 rings (SSSR count). The summed E-state index contributed by atoms with van der Waals surface area (Å²) in [6, 6.07) is 1.78. The van der Waals surface area contributed by atoms with Crippen molar-refractivity contribution < 1.29 is 9.90 Å². The van der Waals surface area contributed by atoms with E-state index in [0.29, 0.717) is 19.5 Å². The van der Waals surface area contributed by atoms with Gasteiger partial charge in [0, 0.05) is 12.4 Å². The first-order chi connectivity index (χ1) is 7.13. The lowest BCUT2D eigenvalue weighted by Crippen LogP contribution is -2.63. The van der Waals surface area contributed by atoms with Crippen molar-refractivity contribution in [3.8, 4) is 0 Å². The molecule has 5 heteroatoms. The predicted octanol–water partition coefficient (Wildman–Crippen LogP) is -0.134. The van der Waals surface area contributed by atoms with Crippen LogP contribution in [0.1, 0.15) is 13.3 Å². The first-order valence-electron chi connectivity index (χ1n) is 5.10. The minimum atomic E-state index is -0.653. The lowest BCUT2D eigenvalue weighted by Gasteiger charge is -2.46. The molecule has 0 spiro atoms. The van der Waals surface area contributed by atoms with Crippen LogP contribution in [0.4, 0.5) is 0 Å². The number of amides is 1. The summed E-state index contributed by atoms with van der Waals surface area (Å²) in [5.41, 5.74) is -0.653. The molecule has 15 heavy (non-hydrogen) atoms. The topological polar surface area (TPSA) is 58.4 Å². The minimum Gasteiger partial charge on any atom is -0.386 e. The molecule has 0 aromatic carbocycles. The Balaban J connectivity index is 1.85.